The lowest BCUT2D eigenvalue weighted by Crippen LogP contribution is -2.03. The summed E-state index contributed by atoms with van der Waals surface area (Å²) < 4.78 is 15.0. The maximum atomic E-state index is 13.2. The van der Waals surface area contributed by atoms with E-state index in [1.165, 1.54) is 12.1 Å². The van der Waals surface area contributed by atoms with Gasteiger partial charge in [0.25, 0.3) is 0 Å². The minimum absolute atomic E-state index is 0.294. The van der Waals surface area contributed by atoms with Gasteiger partial charge in [0.15, 0.2) is 0 Å². The summed E-state index contributed by atoms with van der Waals surface area (Å²) in [4.78, 5) is 0. The zero-order valence-corrected chi connectivity index (χ0v) is 13.5. The van der Waals surface area contributed by atoms with Crippen LogP contribution in [0.2, 0.25) is 0 Å². The van der Waals surface area contributed by atoms with Crippen molar-refractivity contribution in [1.29, 1.82) is 0 Å². The van der Waals surface area contributed by atoms with Crippen molar-refractivity contribution in [2.24, 2.45) is 0 Å². The molecular weight excluding hydrogens is 375 g/mol. The number of aliphatic hydroxyl groups is 1. The van der Waals surface area contributed by atoms with Gasteiger partial charge in [-0.25, -0.2) is 4.39 Å². The Balaban J connectivity index is 2.22. The number of hydrogen-bond acceptors (Lipinski definition) is 1. The smallest absolute Gasteiger partial charge is 0.123 e. The summed E-state index contributed by atoms with van der Waals surface area (Å²) in [6.45, 7) is 1.97. The molecule has 0 bridgehead atoms. The highest BCUT2D eigenvalue weighted by atomic mass is 79.9. The Morgan fingerprint density at radius 2 is 1.79 bits per heavy atom. The topological polar surface area (TPSA) is 20.2 Å². The maximum absolute atomic E-state index is 13.2. The van der Waals surface area contributed by atoms with Gasteiger partial charge < -0.3 is 5.11 Å². The molecule has 1 nitrogen and oxygen atoms in total. The lowest BCUT2D eigenvalue weighted by Gasteiger charge is -2.13. The van der Waals surface area contributed by atoms with Crippen LogP contribution in [-0.4, -0.2) is 5.11 Å². The summed E-state index contributed by atoms with van der Waals surface area (Å²) in [5.74, 6) is -0.294. The minimum Gasteiger partial charge on any atom is -0.388 e. The molecule has 0 aromatic heterocycles. The summed E-state index contributed by atoms with van der Waals surface area (Å²) in [6.07, 6.45) is -0.274. The molecule has 0 aliphatic rings. The minimum atomic E-state index is -0.648. The first kappa shape index (κ1) is 14.7. The fraction of sp³-hybridized carbons (Fsp3) is 0.200. The van der Waals surface area contributed by atoms with E-state index < -0.39 is 6.10 Å². The maximum Gasteiger partial charge on any atom is 0.123 e. The summed E-state index contributed by atoms with van der Waals surface area (Å²) in [5, 5.41) is 10.2. The van der Waals surface area contributed by atoms with Crippen LogP contribution in [0.5, 0.6) is 0 Å². The Labute approximate surface area is 128 Å². The van der Waals surface area contributed by atoms with E-state index in [4.69, 9.17) is 0 Å². The summed E-state index contributed by atoms with van der Waals surface area (Å²) in [7, 11) is 0. The van der Waals surface area contributed by atoms with Crippen LogP contribution in [0.1, 0.15) is 22.8 Å². The lowest BCUT2D eigenvalue weighted by atomic mass is 10.00. The predicted octanol–water partition coefficient (Wildman–Crippen LogP) is 4.94. The Morgan fingerprint density at radius 1 is 1.11 bits per heavy atom. The van der Waals surface area contributed by atoms with Crippen molar-refractivity contribution in [2.45, 2.75) is 19.4 Å². The van der Waals surface area contributed by atoms with Gasteiger partial charge in [0, 0.05) is 15.4 Å². The summed E-state index contributed by atoms with van der Waals surface area (Å²) in [6, 6.07) is 10.2. The van der Waals surface area contributed by atoms with Crippen molar-refractivity contribution in [3.8, 4) is 0 Å². The van der Waals surface area contributed by atoms with Crippen molar-refractivity contribution in [2.75, 3.05) is 0 Å². The van der Waals surface area contributed by atoms with E-state index in [0.29, 0.717) is 6.42 Å². The van der Waals surface area contributed by atoms with Gasteiger partial charge in [-0.15, -0.1) is 0 Å². The Morgan fingerprint density at radius 3 is 2.47 bits per heavy atom. The highest BCUT2D eigenvalue weighted by molar-refractivity contribution is 9.10. The first-order chi connectivity index (χ1) is 8.97. The predicted molar refractivity (Wildman–Crippen MR) is 81.6 cm³/mol. The molecule has 0 aliphatic carbocycles. The molecule has 0 spiro atoms. The first-order valence-electron chi connectivity index (χ1n) is 5.85. The van der Waals surface area contributed by atoms with E-state index in [0.717, 1.165) is 25.6 Å². The molecule has 0 radical (unpaired) electrons. The van der Waals surface area contributed by atoms with Gasteiger partial charge in [-0.2, -0.15) is 0 Å². The van der Waals surface area contributed by atoms with Crippen LogP contribution < -0.4 is 0 Å². The Bertz CT molecular complexity index is 599. The van der Waals surface area contributed by atoms with Gasteiger partial charge >= 0.3 is 0 Å². The molecular formula is C15H13Br2FO. The molecule has 2 aromatic carbocycles. The van der Waals surface area contributed by atoms with Gasteiger partial charge in [-0.3, -0.25) is 0 Å². The Kier molecular flexibility index (Phi) is 4.76. The van der Waals surface area contributed by atoms with Crippen LogP contribution >= 0.6 is 31.9 Å². The molecule has 0 saturated carbocycles. The zero-order chi connectivity index (χ0) is 14.0. The molecule has 2 rings (SSSR count). The second-order valence-corrected chi connectivity index (χ2v) is 6.17. The SMILES string of the molecule is Cc1cc(C(O)Cc2cc(F)ccc2Br)ccc1Br. The first-order valence-corrected chi connectivity index (χ1v) is 7.44. The number of benzene rings is 2. The van der Waals surface area contributed by atoms with Crippen molar-refractivity contribution >= 4 is 31.9 Å². The van der Waals surface area contributed by atoms with Crippen LogP contribution in [0.3, 0.4) is 0 Å². The average molecular weight is 388 g/mol. The third-order valence-corrected chi connectivity index (χ3v) is 4.65. The number of aryl methyl sites for hydroxylation is 1. The van der Waals surface area contributed by atoms with E-state index in [9.17, 15) is 9.50 Å². The third kappa shape index (κ3) is 3.65. The van der Waals surface area contributed by atoms with Gasteiger partial charge in [-0.05, 0) is 47.9 Å². The average Bonchev–Trinajstić information content (AvgIpc) is 2.37. The molecule has 0 aliphatic heterocycles. The standard InChI is InChI=1S/C15H13Br2FO/c1-9-6-10(2-4-13(9)16)15(19)8-11-7-12(18)3-5-14(11)17/h2-7,15,19H,8H2,1H3. The Hall–Kier alpha value is -0.710. The third-order valence-electron chi connectivity index (χ3n) is 2.99. The van der Waals surface area contributed by atoms with E-state index in [-0.39, 0.29) is 5.82 Å². The second kappa shape index (κ2) is 6.16. The van der Waals surface area contributed by atoms with Gasteiger partial charge in [0.05, 0.1) is 6.10 Å². The molecule has 19 heavy (non-hydrogen) atoms. The van der Waals surface area contributed by atoms with E-state index in [1.54, 1.807) is 6.07 Å². The lowest BCUT2D eigenvalue weighted by molar-refractivity contribution is 0.178. The number of rotatable bonds is 3. The monoisotopic (exact) mass is 386 g/mol. The molecule has 1 unspecified atom stereocenters. The number of halogens is 3. The van der Waals surface area contributed by atoms with Crippen LogP contribution in [-0.2, 0) is 6.42 Å². The van der Waals surface area contributed by atoms with Gasteiger partial charge in [0.1, 0.15) is 5.82 Å². The second-order valence-electron chi connectivity index (χ2n) is 4.46. The molecule has 1 atom stereocenters. The largest absolute Gasteiger partial charge is 0.388 e. The molecule has 0 fully saturated rings. The number of aliphatic hydroxyl groups excluding tert-OH is 1. The highest BCUT2D eigenvalue weighted by Gasteiger charge is 2.12. The summed E-state index contributed by atoms with van der Waals surface area (Å²) in [5.41, 5.74) is 2.65. The van der Waals surface area contributed by atoms with E-state index in [1.807, 2.05) is 25.1 Å². The molecule has 100 valence electrons. The molecule has 2 aromatic rings. The van der Waals surface area contributed by atoms with Gasteiger partial charge in [0.2, 0.25) is 0 Å². The van der Waals surface area contributed by atoms with Crippen molar-refractivity contribution in [3.63, 3.8) is 0 Å². The van der Waals surface area contributed by atoms with Crippen LogP contribution in [0.25, 0.3) is 0 Å². The number of hydrogen-bond donors (Lipinski definition) is 1. The molecule has 4 heteroatoms. The van der Waals surface area contributed by atoms with Crippen LogP contribution in [0, 0.1) is 12.7 Å². The molecule has 0 saturated heterocycles. The fourth-order valence-corrected chi connectivity index (χ4v) is 2.56. The van der Waals surface area contributed by atoms with Crippen molar-refractivity contribution in [1.82, 2.24) is 0 Å². The van der Waals surface area contributed by atoms with Crippen LogP contribution in [0.15, 0.2) is 45.3 Å². The molecule has 1 N–H and O–H groups in total. The fourth-order valence-electron chi connectivity index (χ4n) is 1.90. The highest BCUT2D eigenvalue weighted by Crippen LogP contribution is 2.27. The van der Waals surface area contributed by atoms with E-state index >= 15 is 0 Å². The van der Waals surface area contributed by atoms with E-state index in [2.05, 4.69) is 31.9 Å². The van der Waals surface area contributed by atoms with Crippen molar-refractivity contribution < 1.29 is 9.50 Å². The zero-order valence-electron chi connectivity index (χ0n) is 10.3. The normalized spacial score (nSPS) is 12.5. The molecule has 0 amide bonds. The summed E-state index contributed by atoms with van der Waals surface area (Å²) >= 11 is 6.80. The van der Waals surface area contributed by atoms with Crippen molar-refractivity contribution in [3.05, 3.63) is 67.9 Å². The van der Waals surface area contributed by atoms with Gasteiger partial charge in [-0.1, -0.05) is 44.0 Å². The van der Waals surface area contributed by atoms with Crippen LogP contribution in [0.4, 0.5) is 4.39 Å². The molecule has 0 heterocycles. The quantitative estimate of drug-likeness (QED) is 0.791.